The first-order valence-electron chi connectivity index (χ1n) is 13.1. The number of amides is 1. The molecule has 1 unspecified atom stereocenters. The molecule has 3 aliphatic carbocycles. The summed E-state index contributed by atoms with van der Waals surface area (Å²) in [6.07, 6.45) is 7.97. The van der Waals surface area contributed by atoms with Gasteiger partial charge in [0.2, 0.25) is 5.91 Å². The minimum atomic E-state index is 0.0615. The Labute approximate surface area is 199 Å². The Kier molecular flexibility index (Phi) is 5.69. The van der Waals surface area contributed by atoms with Gasteiger partial charge < -0.3 is 10.2 Å². The SMILES string of the molecule is CC(C)CN(C(=O)C1CC[C@H]2[C@@H]3CNC4=CC(=O)CC[C@]4(C)[C@@H]3CC[C@]12C)c1ccccc1. The Morgan fingerprint density at radius 1 is 1.09 bits per heavy atom. The van der Waals surface area contributed by atoms with Crippen molar-refractivity contribution in [3.05, 3.63) is 42.1 Å². The summed E-state index contributed by atoms with van der Waals surface area (Å²) < 4.78 is 0. The summed E-state index contributed by atoms with van der Waals surface area (Å²) in [4.78, 5) is 28.2. The summed E-state index contributed by atoms with van der Waals surface area (Å²) in [6, 6.07) is 10.3. The topological polar surface area (TPSA) is 49.4 Å². The van der Waals surface area contributed by atoms with Gasteiger partial charge in [-0.3, -0.25) is 9.59 Å². The van der Waals surface area contributed by atoms with Crippen LogP contribution in [0.5, 0.6) is 0 Å². The maximum Gasteiger partial charge on any atom is 0.230 e. The molecule has 4 heteroatoms. The van der Waals surface area contributed by atoms with Crippen LogP contribution in [0.15, 0.2) is 42.1 Å². The molecule has 4 nitrogen and oxygen atoms in total. The number of fused-ring (bicyclic) bond motifs is 5. The average molecular weight is 449 g/mol. The number of para-hydroxylation sites is 1. The van der Waals surface area contributed by atoms with E-state index in [-0.39, 0.29) is 22.5 Å². The molecule has 1 N–H and O–H groups in total. The van der Waals surface area contributed by atoms with Crippen LogP contribution in [0.2, 0.25) is 0 Å². The molecule has 1 aromatic rings. The highest BCUT2D eigenvalue weighted by Crippen LogP contribution is 2.64. The number of hydrogen-bond donors (Lipinski definition) is 1. The van der Waals surface area contributed by atoms with E-state index < -0.39 is 0 Å². The number of nitrogens with zero attached hydrogens (tertiary/aromatic N) is 1. The Hall–Kier alpha value is -2.10. The summed E-state index contributed by atoms with van der Waals surface area (Å²) in [6.45, 7) is 10.9. The largest absolute Gasteiger partial charge is 0.387 e. The van der Waals surface area contributed by atoms with Crippen LogP contribution >= 0.6 is 0 Å². The molecule has 3 fully saturated rings. The maximum absolute atomic E-state index is 14.1. The van der Waals surface area contributed by atoms with Crippen LogP contribution in [0.3, 0.4) is 0 Å². The first kappa shape index (κ1) is 22.7. The van der Waals surface area contributed by atoms with Gasteiger partial charge in [-0.25, -0.2) is 0 Å². The third kappa shape index (κ3) is 3.65. The Morgan fingerprint density at radius 2 is 1.85 bits per heavy atom. The number of hydrogen-bond acceptors (Lipinski definition) is 3. The van der Waals surface area contributed by atoms with Crippen molar-refractivity contribution in [3.63, 3.8) is 0 Å². The number of ketones is 1. The van der Waals surface area contributed by atoms with Gasteiger partial charge in [0.15, 0.2) is 5.78 Å². The van der Waals surface area contributed by atoms with Gasteiger partial charge in [-0.05, 0) is 73.3 Å². The number of carbonyl (C=O) groups is 2. The van der Waals surface area contributed by atoms with Gasteiger partial charge in [0.05, 0.1) is 0 Å². The summed E-state index contributed by atoms with van der Waals surface area (Å²) >= 11 is 0. The summed E-state index contributed by atoms with van der Waals surface area (Å²) in [5, 5.41) is 3.68. The van der Waals surface area contributed by atoms with Crippen molar-refractivity contribution >= 4 is 17.4 Å². The highest BCUT2D eigenvalue weighted by Gasteiger charge is 2.60. The van der Waals surface area contributed by atoms with Crippen molar-refractivity contribution in [1.29, 1.82) is 0 Å². The molecule has 5 rings (SSSR count). The van der Waals surface area contributed by atoms with E-state index in [1.807, 2.05) is 24.3 Å². The van der Waals surface area contributed by atoms with Gasteiger partial charge >= 0.3 is 0 Å². The van der Waals surface area contributed by atoms with Crippen LogP contribution in [0.1, 0.15) is 66.2 Å². The fourth-order valence-corrected chi connectivity index (χ4v) is 8.03. The van der Waals surface area contributed by atoms with E-state index in [1.54, 1.807) is 0 Å². The number of carbonyl (C=O) groups excluding carboxylic acids is 2. The fraction of sp³-hybridized carbons (Fsp3) is 0.655. The molecule has 0 radical (unpaired) electrons. The predicted octanol–water partition coefficient (Wildman–Crippen LogP) is 5.59. The highest BCUT2D eigenvalue weighted by molar-refractivity contribution is 5.96. The van der Waals surface area contributed by atoms with Crippen LogP contribution in [0.25, 0.3) is 0 Å². The molecular weight excluding hydrogens is 408 g/mol. The first-order valence-corrected chi connectivity index (χ1v) is 13.1. The number of allylic oxidation sites excluding steroid dienone is 2. The molecule has 1 saturated heterocycles. The van der Waals surface area contributed by atoms with Crippen molar-refractivity contribution in [3.8, 4) is 0 Å². The van der Waals surface area contributed by atoms with Crippen LogP contribution in [-0.2, 0) is 9.59 Å². The summed E-state index contributed by atoms with van der Waals surface area (Å²) in [5.41, 5.74) is 2.37. The zero-order valence-electron chi connectivity index (χ0n) is 20.8. The Balaban J connectivity index is 1.41. The average Bonchev–Trinajstić information content (AvgIpc) is 3.15. The Morgan fingerprint density at radius 3 is 2.58 bits per heavy atom. The quantitative estimate of drug-likeness (QED) is 0.653. The predicted molar refractivity (Wildman–Crippen MR) is 133 cm³/mol. The van der Waals surface area contributed by atoms with Crippen molar-refractivity contribution < 1.29 is 9.59 Å². The number of benzene rings is 1. The maximum atomic E-state index is 14.1. The summed E-state index contributed by atoms with van der Waals surface area (Å²) in [5.74, 6) is 2.91. The second kappa shape index (κ2) is 8.29. The lowest BCUT2D eigenvalue weighted by Crippen LogP contribution is -2.57. The van der Waals surface area contributed by atoms with E-state index in [0.29, 0.717) is 36.0 Å². The molecule has 178 valence electrons. The zero-order valence-corrected chi connectivity index (χ0v) is 20.8. The van der Waals surface area contributed by atoms with Gasteiger partial charge in [0.25, 0.3) is 0 Å². The molecule has 1 amide bonds. The van der Waals surface area contributed by atoms with E-state index in [2.05, 4.69) is 50.0 Å². The standard InChI is InChI=1S/C29H40N2O2/c1-19(2)18-31(20-8-6-5-7-9-20)27(33)25-11-10-23-22-17-30-26-16-21(32)12-14-29(26,4)24(22)13-15-28(23,25)3/h5-9,16,19,22-25,30H,10-15,17-18H2,1-4H3/t22-,23-,24+,25?,28-,29+/m0/s1. The van der Waals surface area contributed by atoms with E-state index in [0.717, 1.165) is 44.5 Å². The van der Waals surface area contributed by atoms with Gasteiger partial charge in [0, 0.05) is 48.3 Å². The van der Waals surface area contributed by atoms with Crippen molar-refractivity contribution in [1.82, 2.24) is 5.32 Å². The van der Waals surface area contributed by atoms with Gasteiger partial charge in [-0.1, -0.05) is 45.9 Å². The van der Waals surface area contributed by atoms with Crippen LogP contribution in [-0.4, -0.2) is 24.8 Å². The molecule has 1 aliphatic heterocycles. The summed E-state index contributed by atoms with van der Waals surface area (Å²) in [7, 11) is 0. The second-order valence-corrected chi connectivity index (χ2v) is 12.1. The van der Waals surface area contributed by atoms with Crippen LogP contribution < -0.4 is 10.2 Å². The van der Waals surface area contributed by atoms with E-state index in [9.17, 15) is 9.59 Å². The van der Waals surface area contributed by atoms with Crippen LogP contribution in [0, 0.1) is 40.4 Å². The molecular formula is C29H40N2O2. The van der Waals surface area contributed by atoms with Gasteiger partial charge in [-0.15, -0.1) is 0 Å². The van der Waals surface area contributed by atoms with Crippen LogP contribution in [0.4, 0.5) is 5.69 Å². The number of anilines is 1. The highest BCUT2D eigenvalue weighted by atomic mass is 16.2. The molecule has 1 heterocycles. The molecule has 1 aromatic carbocycles. The molecule has 0 aromatic heterocycles. The minimum absolute atomic E-state index is 0.0615. The molecule has 33 heavy (non-hydrogen) atoms. The molecule has 2 saturated carbocycles. The minimum Gasteiger partial charge on any atom is -0.387 e. The second-order valence-electron chi connectivity index (χ2n) is 12.1. The zero-order chi connectivity index (χ0) is 23.4. The number of rotatable bonds is 4. The van der Waals surface area contributed by atoms with E-state index >= 15 is 0 Å². The normalized spacial score (nSPS) is 37.5. The number of nitrogens with one attached hydrogen (secondary N) is 1. The van der Waals surface area contributed by atoms with Gasteiger partial charge in [-0.2, -0.15) is 0 Å². The monoisotopic (exact) mass is 448 g/mol. The van der Waals surface area contributed by atoms with Crippen molar-refractivity contribution in [2.24, 2.45) is 40.4 Å². The smallest absolute Gasteiger partial charge is 0.230 e. The lowest BCUT2D eigenvalue weighted by molar-refractivity contribution is -0.130. The van der Waals surface area contributed by atoms with Crippen molar-refractivity contribution in [2.45, 2.75) is 66.2 Å². The van der Waals surface area contributed by atoms with Crippen molar-refractivity contribution in [2.75, 3.05) is 18.0 Å². The molecule has 6 atom stereocenters. The third-order valence-corrected chi connectivity index (χ3v) is 9.77. The molecule has 0 spiro atoms. The molecule has 0 bridgehead atoms. The molecule has 4 aliphatic rings. The lowest BCUT2D eigenvalue weighted by atomic mass is 9.50. The Bertz CT molecular complexity index is 954. The lowest BCUT2D eigenvalue weighted by Gasteiger charge is -2.58. The first-order chi connectivity index (χ1) is 15.7. The van der Waals surface area contributed by atoms with E-state index in [4.69, 9.17) is 0 Å². The third-order valence-electron chi connectivity index (χ3n) is 9.77. The van der Waals surface area contributed by atoms with Gasteiger partial charge in [0.1, 0.15) is 0 Å². The number of piperidine rings is 1. The fourth-order valence-electron chi connectivity index (χ4n) is 8.03. The van der Waals surface area contributed by atoms with E-state index in [1.165, 1.54) is 12.1 Å².